The fraction of sp³-hybridized carbons (Fsp3) is 0.100. The second-order valence-corrected chi connectivity index (χ2v) is 3.71. The SMILES string of the molecule is CNc1ccc(-c2ccccn2)s1. The maximum atomic E-state index is 4.28. The van der Waals surface area contributed by atoms with Gasteiger partial charge in [0.05, 0.1) is 15.6 Å². The Hall–Kier alpha value is -1.35. The highest BCUT2D eigenvalue weighted by molar-refractivity contribution is 7.19. The maximum absolute atomic E-state index is 4.28. The number of hydrogen-bond donors (Lipinski definition) is 1. The van der Waals surface area contributed by atoms with Crippen LogP contribution in [0.4, 0.5) is 5.00 Å². The molecule has 0 radical (unpaired) electrons. The lowest BCUT2D eigenvalue weighted by Gasteiger charge is -1.93. The number of rotatable bonds is 2. The quantitative estimate of drug-likeness (QED) is 0.787. The van der Waals surface area contributed by atoms with Crippen LogP contribution in [0.1, 0.15) is 0 Å². The van der Waals surface area contributed by atoms with Crippen LogP contribution in [0, 0.1) is 0 Å². The van der Waals surface area contributed by atoms with Crippen molar-refractivity contribution < 1.29 is 0 Å². The van der Waals surface area contributed by atoms with Crippen LogP contribution in [0.3, 0.4) is 0 Å². The van der Waals surface area contributed by atoms with Crippen molar-refractivity contribution >= 4 is 16.3 Å². The number of nitrogens with zero attached hydrogens (tertiary/aromatic N) is 1. The molecule has 1 N–H and O–H groups in total. The molecule has 0 spiro atoms. The highest BCUT2D eigenvalue weighted by Crippen LogP contribution is 2.29. The van der Waals surface area contributed by atoms with E-state index >= 15 is 0 Å². The summed E-state index contributed by atoms with van der Waals surface area (Å²) in [7, 11) is 1.92. The molecule has 2 nitrogen and oxygen atoms in total. The smallest absolute Gasteiger partial charge is 0.0886 e. The van der Waals surface area contributed by atoms with Crippen LogP contribution in [0.2, 0.25) is 0 Å². The average molecular weight is 190 g/mol. The predicted octanol–water partition coefficient (Wildman–Crippen LogP) is 2.85. The van der Waals surface area contributed by atoms with Gasteiger partial charge in [-0.1, -0.05) is 6.07 Å². The zero-order chi connectivity index (χ0) is 9.10. The van der Waals surface area contributed by atoms with Crippen molar-refractivity contribution in [1.29, 1.82) is 0 Å². The molecule has 0 aliphatic carbocycles. The molecular weight excluding hydrogens is 180 g/mol. The van der Waals surface area contributed by atoms with Gasteiger partial charge in [0.15, 0.2) is 0 Å². The van der Waals surface area contributed by atoms with E-state index in [0.717, 1.165) is 5.69 Å². The molecule has 2 heterocycles. The molecule has 0 saturated heterocycles. The van der Waals surface area contributed by atoms with Gasteiger partial charge >= 0.3 is 0 Å². The van der Waals surface area contributed by atoms with Crippen LogP contribution in [0.25, 0.3) is 10.6 Å². The van der Waals surface area contributed by atoms with E-state index in [1.165, 1.54) is 9.88 Å². The molecule has 0 bridgehead atoms. The topological polar surface area (TPSA) is 24.9 Å². The summed E-state index contributed by atoms with van der Waals surface area (Å²) in [6, 6.07) is 10.1. The third-order valence-electron chi connectivity index (χ3n) is 1.77. The summed E-state index contributed by atoms with van der Waals surface area (Å²) in [4.78, 5) is 5.48. The van der Waals surface area contributed by atoms with Crippen molar-refractivity contribution in [2.45, 2.75) is 0 Å². The van der Waals surface area contributed by atoms with E-state index in [9.17, 15) is 0 Å². The van der Waals surface area contributed by atoms with Crippen LogP contribution < -0.4 is 5.32 Å². The standard InChI is InChI=1S/C10H10N2S/c1-11-10-6-5-9(13-10)8-4-2-3-7-12-8/h2-7,11H,1H3. The monoisotopic (exact) mass is 190 g/mol. The summed E-state index contributed by atoms with van der Waals surface area (Å²) in [6.45, 7) is 0. The Balaban J connectivity index is 2.36. The number of nitrogens with one attached hydrogen (secondary N) is 1. The fourth-order valence-electron chi connectivity index (χ4n) is 1.12. The fourth-order valence-corrected chi connectivity index (χ4v) is 1.95. The Morgan fingerprint density at radius 3 is 2.77 bits per heavy atom. The Kier molecular flexibility index (Phi) is 2.27. The van der Waals surface area contributed by atoms with Gasteiger partial charge in [-0.2, -0.15) is 0 Å². The molecule has 0 unspecified atom stereocenters. The molecule has 0 aliphatic heterocycles. The van der Waals surface area contributed by atoms with Gasteiger partial charge in [-0.15, -0.1) is 11.3 Å². The minimum atomic E-state index is 1.04. The zero-order valence-electron chi connectivity index (χ0n) is 7.32. The first kappa shape index (κ1) is 8.26. The van der Waals surface area contributed by atoms with Crippen LogP contribution in [0.15, 0.2) is 36.5 Å². The Morgan fingerprint density at radius 1 is 1.23 bits per heavy atom. The van der Waals surface area contributed by atoms with Crippen LogP contribution in [-0.4, -0.2) is 12.0 Å². The summed E-state index contributed by atoms with van der Waals surface area (Å²) < 4.78 is 0. The van der Waals surface area contributed by atoms with Gasteiger partial charge in [-0.25, -0.2) is 0 Å². The summed E-state index contributed by atoms with van der Waals surface area (Å²) in [5.74, 6) is 0. The number of pyridine rings is 1. The number of thiophene rings is 1. The second-order valence-electron chi connectivity index (χ2n) is 2.63. The number of anilines is 1. The molecule has 2 aromatic rings. The van der Waals surface area contributed by atoms with E-state index in [-0.39, 0.29) is 0 Å². The van der Waals surface area contributed by atoms with E-state index in [4.69, 9.17) is 0 Å². The highest BCUT2D eigenvalue weighted by atomic mass is 32.1. The summed E-state index contributed by atoms with van der Waals surface area (Å²) in [5.41, 5.74) is 1.04. The van der Waals surface area contributed by atoms with Crippen LogP contribution in [0.5, 0.6) is 0 Å². The summed E-state index contributed by atoms with van der Waals surface area (Å²) in [5, 5.41) is 4.28. The summed E-state index contributed by atoms with van der Waals surface area (Å²) in [6.07, 6.45) is 1.81. The minimum Gasteiger partial charge on any atom is -0.380 e. The minimum absolute atomic E-state index is 1.04. The lowest BCUT2D eigenvalue weighted by atomic mass is 10.3. The molecule has 3 heteroatoms. The van der Waals surface area contributed by atoms with E-state index in [2.05, 4.69) is 22.4 Å². The first-order chi connectivity index (χ1) is 6.40. The molecule has 2 rings (SSSR count). The lowest BCUT2D eigenvalue weighted by molar-refractivity contribution is 1.34. The largest absolute Gasteiger partial charge is 0.380 e. The van der Waals surface area contributed by atoms with Gasteiger partial charge < -0.3 is 5.32 Å². The first-order valence-electron chi connectivity index (χ1n) is 4.09. The molecule has 0 fully saturated rings. The van der Waals surface area contributed by atoms with Gasteiger partial charge in [0.1, 0.15) is 0 Å². The van der Waals surface area contributed by atoms with Crippen LogP contribution in [-0.2, 0) is 0 Å². The highest BCUT2D eigenvalue weighted by Gasteiger charge is 2.00. The van der Waals surface area contributed by atoms with Gasteiger partial charge in [0.25, 0.3) is 0 Å². The van der Waals surface area contributed by atoms with E-state index in [0.29, 0.717) is 0 Å². The van der Waals surface area contributed by atoms with Gasteiger partial charge in [-0.3, -0.25) is 4.98 Å². The van der Waals surface area contributed by atoms with Crippen molar-refractivity contribution in [3.8, 4) is 10.6 Å². The maximum Gasteiger partial charge on any atom is 0.0886 e. The van der Waals surface area contributed by atoms with Crippen molar-refractivity contribution in [3.63, 3.8) is 0 Å². The molecule has 0 aromatic carbocycles. The molecule has 0 aliphatic rings. The number of aromatic nitrogens is 1. The molecule has 2 aromatic heterocycles. The predicted molar refractivity (Wildman–Crippen MR) is 57.1 cm³/mol. The number of hydrogen-bond acceptors (Lipinski definition) is 3. The Bertz CT molecular complexity index is 381. The molecule has 66 valence electrons. The van der Waals surface area contributed by atoms with Crippen molar-refractivity contribution in [2.75, 3.05) is 12.4 Å². The first-order valence-corrected chi connectivity index (χ1v) is 4.91. The zero-order valence-corrected chi connectivity index (χ0v) is 8.14. The summed E-state index contributed by atoms with van der Waals surface area (Å²) >= 11 is 1.71. The van der Waals surface area contributed by atoms with E-state index in [1.807, 2.05) is 31.4 Å². The third kappa shape index (κ3) is 1.70. The Morgan fingerprint density at radius 2 is 2.15 bits per heavy atom. The normalized spacial score (nSPS) is 9.92. The van der Waals surface area contributed by atoms with Gasteiger partial charge in [0, 0.05) is 13.2 Å². The molecule has 0 atom stereocenters. The molecule has 0 amide bonds. The average Bonchev–Trinajstić information content (AvgIpc) is 2.67. The van der Waals surface area contributed by atoms with Crippen molar-refractivity contribution in [2.24, 2.45) is 0 Å². The second kappa shape index (κ2) is 3.58. The van der Waals surface area contributed by atoms with Crippen molar-refractivity contribution in [1.82, 2.24) is 4.98 Å². The lowest BCUT2D eigenvalue weighted by Crippen LogP contribution is -1.80. The molecule has 13 heavy (non-hydrogen) atoms. The van der Waals surface area contributed by atoms with Crippen LogP contribution >= 0.6 is 11.3 Å². The Labute approximate surface area is 81.3 Å². The molecule has 0 saturated carbocycles. The van der Waals surface area contributed by atoms with E-state index in [1.54, 1.807) is 11.3 Å². The van der Waals surface area contributed by atoms with Crippen molar-refractivity contribution in [3.05, 3.63) is 36.5 Å². The van der Waals surface area contributed by atoms with Gasteiger partial charge in [0.2, 0.25) is 0 Å². The third-order valence-corrected chi connectivity index (χ3v) is 2.89. The van der Waals surface area contributed by atoms with E-state index < -0.39 is 0 Å². The molecular formula is C10H10N2S. The van der Waals surface area contributed by atoms with Gasteiger partial charge in [-0.05, 0) is 24.3 Å².